The molecule has 0 aromatic heterocycles. The first-order valence-corrected chi connectivity index (χ1v) is 9.02. The summed E-state index contributed by atoms with van der Waals surface area (Å²) in [7, 11) is 1.64. The van der Waals surface area contributed by atoms with Crippen LogP contribution in [0.5, 0.6) is 5.75 Å². The van der Waals surface area contributed by atoms with Crippen LogP contribution in [0, 0.1) is 11.3 Å². The van der Waals surface area contributed by atoms with Crippen LogP contribution in [0.4, 0.5) is 0 Å². The molecule has 136 valence electrons. The number of azide groups is 1. The van der Waals surface area contributed by atoms with E-state index in [0.29, 0.717) is 24.7 Å². The maximum absolute atomic E-state index is 13.1. The minimum Gasteiger partial charge on any atom is -0.497 e. The Hall–Kier alpha value is -2.00. The van der Waals surface area contributed by atoms with E-state index in [1.54, 1.807) is 7.11 Å². The molecular weight excluding hydrogens is 314 g/mol. The van der Waals surface area contributed by atoms with E-state index in [9.17, 15) is 4.79 Å². The van der Waals surface area contributed by atoms with E-state index >= 15 is 0 Å². The zero-order valence-electron chi connectivity index (χ0n) is 15.8. The second kappa shape index (κ2) is 7.92. The predicted molar refractivity (Wildman–Crippen MR) is 99.7 cm³/mol. The molecule has 2 atom stereocenters. The molecular formula is C20H29N3O2. The highest BCUT2D eigenvalue weighted by Gasteiger charge is 2.46. The van der Waals surface area contributed by atoms with E-state index in [1.165, 1.54) is 0 Å². The number of hydrogen-bond acceptors (Lipinski definition) is 3. The lowest BCUT2D eigenvalue weighted by Crippen LogP contribution is -2.44. The number of ketones is 1. The molecule has 0 radical (unpaired) electrons. The van der Waals surface area contributed by atoms with Crippen LogP contribution >= 0.6 is 0 Å². The average Bonchev–Trinajstić information content (AvgIpc) is 2.59. The maximum atomic E-state index is 13.1. The molecule has 0 aliphatic heterocycles. The van der Waals surface area contributed by atoms with Crippen LogP contribution in [0.15, 0.2) is 29.4 Å². The topological polar surface area (TPSA) is 75.1 Å². The fourth-order valence-electron chi connectivity index (χ4n) is 3.99. The molecule has 5 heteroatoms. The molecule has 1 fully saturated rings. The quantitative estimate of drug-likeness (QED) is 0.298. The standard InChI is InChI=1S/C20H29N3O2/c1-19(2,3)16-8-11-18(24)20(14-16,12-5-13-22-23-21)15-6-9-17(25-4)10-7-15/h6-7,9-10,16H,5,8,11-14H2,1-4H3/t16-,20-/m1/s1. The van der Waals surface area contributed by atoms with Gasteiger partial charge in [-0.15, -0.1) is 0 Å². The lowest BCUT2D eigenvalue weighted by Gasteiger charge is -2.45. The molecule has 0 N–H and O–H groups in total. The predicted octanol–water partition coefficient (Wildman–Crippen LogP) is 5.44. The zero-order chi connectivity index (χ0) is 18.5. The second-order valence-corrected chi connectivity index (χ2v) is 8.10. The summed E-state index contributed by atoms with van der Waals surface area (Å²) in [6.45, 7) is 7.20. The normalized spacial score (nSPS) is 23.8. The van der Waals surface area contributed by atoms with Crippen LogP contribution < -0.4 is 4.74 Å². The molecule has 0 spiro atoms. The van der Waals surface area contributed by atoms with Gasteiger partial charge in [0.15, 0.2) is 0 Å². The first-order chi connectivity index (χ1) is 11.8. The van der Waals surface area contributed by atoms with Crippen LogP contribution in [0.2, 0.25) is 0 Å². The van der Waals surface area contributed by atoms with Gasteiger partial charge in [-0.25, -0.2) is 0 Å². The smallest absolute Gasteiger partial charge is 0.143 e. The zero-order valence-corrected chi connectivity index (χ0v) is 15.8. The van der Waals surface area contributed by atoms with Gasteiger partial charge in [0.2, 0.25) is 0 Å². The van der Waals surface area contributed by atoms with Gasteiger partial charge in [0.1, 0.15) is 11.5 Å². The summed E-state index contributed by atoms with van der Waals surface area (Å²) >= 11 is 0. The van der Waals surface area contributed by atoms with Gasteiger partial charge in [0, 0.05) is 17.9 Å². The van der Waals surface area contributed by atoms with Crippen LogP contribution in [0.1, 0.15) is 58.4 Å². The Balaban J connectivity index is 2.38. The Labute approximate surface area is 150 Å². The summed E-state index contributed by atoms with van der Waals surface area (Å²) in [5, 5.41) is 3.65. The Bertz CT molecular complexity index is 642. The van der Waals surface area contributed by atoms with E-state index in [-0.39, 0.29) is 5.41 Å². The number of rotatable bonds is 6. The molecule has 0 heterocycles. The van der Waals surface area contributed by atoms with E-state index < -0.39 is 5.41 Å². The number of hydrogen-bond donors (Lipinski definition) is 0. The van der Waals surface area contributed by atoms with Crippen molar-refractivity contribution in [2.24, 2.45) is 16.4 Å². The Kier molecular flexibility index (Phi) is 6.12. The number of nitrogens with zero attached hydrogens (tertiary/aromatic N) is 3. The Morgan fingerprint density at radius 3 is 2.56 bits per heavy atom. The first-order valence-electron chi connectivity index (χ1n) is 9.02. The molecule has 5 nitrogen and oxygen atoms in total. The molecule has 1 aromatic rings. The van der Waals surface area contributed by atoms with Crippen LogP contribution in [-0.4, -0.2) is 19.4 Å². The highest BCUT2D eigenvalue weighted by molar-refractivity contribution is 5.91. The Morgan fingerprint density at radius 1 is 1.32 bits per heavy atom. The summed E-state index contributed by atoms with van der Waals surface area (Å²) in [5.74, 6) is 1.61. The van der Waals surface area contributed by atoms with Gasteiger partial charge in [-0.1, -0.05) is 38.0 Å². The van der Waals surface area contributed by atoms with Gasteiger partial charge >= 0.3 is 0 Å². The van der Waals surface area contributed by atoms with Crippen LogP contribution in [-0.2, 0) is 10.2 Å². The summed E-state index contributed by atoms with van der Waals surface area (Å²) < 4.78 is 5.26. The molecule has 1 saturated carbocycles. The number of ether oxygens (including phenoxy) is 1. The molecule has 2 rings (SSSR count). The van der Waals surface area contributed by atoms with Crippen molar-refractivity contribution in [2.75, 3.05) is 13.7 Å². The monoisotopic (exact) mass is 343 g/mol. The third-order valence-corrected chi connectivity index (χ3v) is 5.64. The molecule has 1 aliphatic carbocycles. The molecule has 0 amide bonds. The van der Waals surface area contributed by atoms with Crippen molar-refractivity contribution in [1.29, 1.82) is 0 Å². The van der Waals surface area contributed by atoms with Crippen molar-refractivity contribution < 1.29 is 9.53 Å². The third-order valence-electron chi connectivity index (χ3n) is 5.64. The molecule has 0 saturated heterocycles. The van der Waals surface area contributed by atoms with E-state index in [4.69, 9.17) is 10.3 Å². The van der Waals surface area contributed by atoms with Gasteiger partial charge in [-0.2, -0.15) is 0 Å². The number of methoxy groups -OCH3 is 1. The van der Waals surface area contributed by atoms with Gasteiger partial charge in [0.05, 0.1) is 12.5 Å². The minimum absolute atomic E-state index is 0.170. The average molecular weight is 343 g/mol. The summed E-state index contributed by atoms with van der Waals surface area (Å²) in [6, 6.07) is 7.90. The summed E-state index contributed by atoms with van der Waals surface area (Å²) in [5.41, 5.74) is 9.27. The minimum atomic E-state index is -0.479. The van der Waals surface area contributed by atoms with Gasteiger partial charge in [-0.3, -0.25) is 4.79 Å². The van der Waals surface area contributed by atoms with E-state index in [0.717, 1.165) is 37.0 Å². The SMILES string of the molecule is COc1ccc([C@@]2(CCCN=[N+]=[N-])C[C@H](C(C)(C)C)CCC2=O)cc1. The number of carbonyl (C=O) groups is 1. The fraction of sp³-hybridized carbons (Fsp3) is 0.650. The molecule has 1 aliphatic rings. The van der Waals surface area contributed by atoms with Crippen molar-refractivity contribution in [3.05, 3.63) is 40.3 Å². The van der Waals surface area contributed by atoms with Crippen molar-refractivity contribution in [3.63, 3.8) is 0 Å². The number of carbonyl (C=O) groups excluding carboxylic acids is 1. The van der Waals surface area contributed by atoms with E-state index in [1.807, 2.05) is 24.3 Å². The van der Waals surface area contributed by atoms with Gasteiger partial charge < -0.3 is 4.74 Å². The van der Waals surface area contributed by atoms with Crippen molar-refractivity contribution >= 4 is 5.78 Å². The van der Waals surface area contributed by atoms with Crippen molar-refractivity contribution in [2.45, 2.75) is 58.3 Å². The molecule has 1 aromatic carbocycles. The fourth-order valence-corrected chi connectivity index (χ4v) is 3.99. The van der Waals surface area contributed by atoms with Crippen molar-refractivity contribution in [1.82, 2.24) is 0 Å². The van der Waals surface area contributed by atoms with Gasteiger partial charge in [-0.05, 0) is 60.2 Å². The van der Waals surface area contributed by atoms with Gasteiger partial charge in [0.25, 0.3) is 0 Å². The lowest BCUT2D eigenvalue weighted by atomic mass is 9.58. The third kappa shape index (κ3) is 4.35. The number of Topliss-reactive ketones (excluding diaryl/α,β-unsaturated/α-hetero) is 1. The van der Waals surface area contributed by atoms with Crippen molar-refractivity contribution in [3.8, 4) is 5.75 Å². The highest BCUT2D eigenvalue weighted by Crippen LogP contribution is 2.48. The number of benzene rings is 1. The lowest BCUT2D eigenvalue weighted by molar-refractivity contribution is -0.129. The highest BCUT2D eigenvalue weighted by atomic mass is 16.5. The van der Waals surface area contributed by atoms with E-state index in [2.05, 4.69) is 30.8 Å². The maximum Gasteiger partial charge on any atom is 0.143 e. The largest absolute Gasteiger partial charge is 0.497 e. The van der Waals surface area contributed by atoms with Crippen LogP contribution in [0.25, 0.3) is 10.4 Å². The second-order valence-electron chi connectivity index (χ2n) is 8.10. The molecule has 0 bridgehead atoms. The first kappa shape index (κ1) is 19.3. The van der Waals surface area contributed by atoms with Crippen LogP contribution in [0.3, 0.4) is 0 Å². The Morgan fingerprint density at radius 2 is 2.00 bits per heavy atom. The molecule has 0 unspecified atom stereocenters. The summed E-state index contributed by atoms with van der Waals surface area (Å²) in [4.78, 5) is 15.9. The summed E-state index contributed by atoms with van der Waals surface area (Å²) in [6.07, 6.45) is 3.88. The molecule has 25 heavy (non-hydrogen) atoms.